The van der Waals surface area contributed by atoms with Gasteiger partial charge in [0.2, 0.25) is 0 Å². The Morgan fingerprint density at radius 1 is 1.44 bits per heavy atom. The molecule has 1 heterocycles. The summed E-state index contributed by atoms with van der Waals surface area (Å²) in [6.07, 6.45) is 9.58. The largest absolute Gasteiger partial charge is 0.306 e. The van der Waals surface area contributed by atoms with Crippen molar-refractivity contribution < 1.29 is 0 Å². The van der Waals surface area contributed by atoms with Gasteiger partial charge in [-0.2, -0.15) is 0 Å². The molecular formula is C11H10Cl2N2O. The molecule has 0 aliphatic heterocycles. The number of halogens is 2. The maximum Gasteiger partial charge on any atom is 0.288 e. The van der Waals surface area contributed by atoms with Crippen molar-refractivity contribution in [3.05, 3.63) is 50.7 Å². The van der Waals surface area contributed by atoms with E-state index in [9.17, 15) is 4.79 Å². The maximum atomic E-state index is 11.7. The van der Waals surface area contributed by atoms with Gasteiger partial charge in [-0.1, -0.05) is 47.0 Å². The van der Waals surface area contributed by atoms with Crippen LogP contribution in [-0.4, -0.2) is 9.55 Å². The first-order chi connectivity index (χ1) is 7.66. The first-order valence-corrected chi connectivity index (χ1v) is 5.69. The predicted octanol–water partition coefficient (Wildman–Crippen LogP) is 2.83. The third kappa shape index (κ3) is 2.54. The van der Waals surface area contributed by atoms with Crippen molar-refractivity contribution in [2.24, 2.45) is 0 Å². The zero-order valence-electron chi connectivity index (χ0n) is 8.49. The third-order valence-corrected chi connectivity index (χ3v) is 2.81. The van der Waals surface area contributed by atoms with E-state index in [1.54, 1.807) is 0 Å². The van der Waals surface area contributed by atoms with E-state index in [4.69, 9.17) is 23.2 Å². The molecule has 84 valence electrons. The van der Waals surface area contributed by atoms with Crippen LogP contribution in [0.15, 0.2) is 34.8 Å². The van der Waals surface area contributed by atoms with E-state index in [0.717, 1.165) is 12.8 Å². The Bertz CT molecular complexity index is 517. The van der Waals surface area contributed by atoms with Crippen LogP contribution >= 0.6 is 23.2 Å². The molecule has 0 unspecified atom stereocenters. The van der Waals surface area contributed by atoms with Crippen LogP contribution in [0.2, 0.25) is 10.3 Å². The lowest BCUT2D eigenvalue weighted by atomic mass is 10.1. The molecule has 1 aliphatic carbocycles. The molecule has 0 fully saturated rings. The molecule has 0 bridgehead atoms. The molecule has 3 nitrogen and oxygen atoms in total. The first-order valence-electron chi connectivity index (χ1n) is 4.94. The second-order valence-electron chi connectivity index (χ2n) is 3.58. The van der Waals surface area contributed by atoms with E-state index in [-0.39, 0.29) is 15.9 Å². The summed E-state index contributed by atoms with van der Waals surface area (Å²) in [6, 6.07) is 0. The Balaban J connectivity index is 2.31. The van der Waals surface area contributed by atoms with Gasteiger partial charge in [0.05, 0.1) is 0 Å². The molecular weight excluding hydrogens is 247 g/mol. The highest BCUT2D eigenvalue weighted by molar-refractivity contribution is 6.32. The molecule has 0 amide bonds. The molecule has 1 aromatic rings. The van der Waals surface area contributed by atoms with Gasteiger partial charge in [-0.3, -0.25) is 4.79 Å². The molecule has 0 saturated heterocycles. The lowest BCUT2D eigenvalue weighted by molar-refractivity contribution is 0.704. The Labute approximate surface area is 103 Å². The molecule has 1 aliphatic rings. The van der Waals surface area contributed by atoms with Crippen molar-refractivity contribution >= 4 is 23.2 Å². The normalized spacial score (nSPS) is 15.0. The van der Waals surface area contributed by atoms with Gasteiger partial charge in [0.15, 0.2) is 5.15 Å². The van der Waals surface area contributed by atoms with Gasteiger partial charge in [0, 0.05) is 12.7 Å². The minimum atomic E-state index is -0.304. The second kappa shape index (κ2) is 4.85. The molecule has 0 aromatic carbocycles. The van der Waals surface area contributed by atoms with Crippen molar-refractivity contribution in [2.75, 3.05) is 0 Å². The van der Waals surface area contributed by atoms with Crippen LogP contribution in [-0.2, 0) is 6.54 Å². The number of hydrogen-bond acceptors (Lipinski definition) is 2. The highest BCUT2D eigenvalue weighted by Gasteiger charge is 2.07. The Morgan fingerprint density at radius 3 is 2.94 bits per heavy atom. The zero-order chi connectivity index (χ0) is 11.5. The monoisotopic (exact) mass is 256 g/mol. The van der Waals surface area contributed by atoms with Gasteiger partial charge in [-0.05, 0) is 12.8 Å². The number of hydrogen-bond donors (Lipinski definition) is 0. The zero-order valence-corrected chi connectivity index (χ0v) is 10.0. The summed E-state index contributed by atoms with van der Waals surface area (Å²) in [5.41, 5.74) is 0.879. The van der Waals surface area contributed by atoms with Gasteiger partial charge >= 0.3 is 0 Å². The Hall–Kier alpha value is -1.06. The number of rotatable bonds is 2. The molecule has 0 saturated carbocycles. The lowest BCUT2D eigenvalue weighted by Gasteiger charge is -2.11. The van der Waals surface area contributed by atoms with E-state index in [2.05, 4.69) is 11.1 Å². The van der Waals surface area contributed by atoms with E-state index >= 15 is 0 Å². The fourth-order valence-electron chi connectivity index (χ4n) is 1.60. The second-order valence-corrected chi connectivity index (χ2v) is 4.32. The van der Waals surface area contributed by atoms with Crippen LogP contribution in [0, 0.1) is 0 Å². The average Bonchev–Trinajstić information content (AvgIpc) is 2.27. The smallest absolute Gasteiger partial charge is 0.288 e. The van der Waals surface area contributed by atoms with Crippen molar-refractivity contribution in [3.8, 4) is 0 Å². The van der Waals surface area contributed by atoms with E-state index in [0.29, 0.717) is 6.54 Å². The molecule has 16 heavy (non-hydrogen) atoms. The first kappa shape index (κ1) is 11.4. The molecule has 1 aromatic heterocycles. The van der Waals surface area contributed by atoms with E-state index in [1.807, 2.05) is 12.2 Å². The summed E-state index contributed by atoms with van der Waals surface area (Å²) in [4.78, 5) is 15.4. The standard InChI is InChI=1S/C11H10Cl2N2O/c12-9-7-15(11(16)10(13)14-9)6-8-4-2-1-3-5-8/h1-2,4,7H,3,5-6H2. The Kier molecular flexibility index (Phi) is 3.46. The molecule has 0 atom stereocenters. The quantitative estimate of drug-likeness (QED) is 0.816. The molecule has 0 N–H and O–H groups in total. The minimum absolute atomic E-state index is 0.0838. The molecule has 5 heteroatoms. The van der Waals surface area contributed by atoms with Gasteiger partial charge in [0.1, 0.15) is 5.15 Å². The van der Waals surface area contributed by atoms with Gasteiger partial charge in [0.25, 0.3) is 5.56 Å². The topological polar surface area (TPSA) is 34.9 Å². The number of allylic oxidation sites excluding steroid dienone is 4. The van der Waals surface area contributed by atoms with Crippen LogP contribution in [0.25, 0.3) is 0 Å². The highest BCUT2D eigenvalue weighted by atomic mass is 35.5. The average molecular weight is 257 g/mol. The van der Waals surface area contributed by atoms with Gasteiger partial charge < -0.3 is 4.57 Å². The molecule has 2 rings (SSSR count). The summed E-state index contributed by atoms with van der Waals surface area (Å²) >= 11 is 11.4. The summed E-state index contributed by atoms with van der Waals surface area (Å²) in [6.45, 7) is 0.519. The maximum absolute atomic E-state index is 11.7. The van der Waals surface area contributed by atoms with Crippen LogP contribution < -0.4 is 5.56 Å². The minimum Gasteiger partial charge on any atom is -0.306 e. The van der Waals surface area contributed by atoms with Gasteiger partial charge in [-0.25, -0.2) is 4.98 Å². The Morgan fingerprint density at radius 2 is 2.25 bits per heavy atom. The highest BCUT2D eigenvalue weighted by Crippen LogP contribution is 2.14. The third-order valence-electron chi connectivity index (χ3n) is 2.38. The van der Waals surface area contributed by atoms with Crippen LogP contribution in [0.3, 0.4) is 0 Å². The summed E-state index contributed by atoms with van der Waals surface area (Å²) < 4.78 is 1.49. The fraction of sp³-hybridized carbons (Fsp3) is 0.273. The van der Waals surface area contributed by atoms with E-state index in [1.165, 1.54) is 16.3 Å². The van der Waals surface area contributed by atoms with Crippen molar-refractivity contribution in [1.29, 1.82) is 0 Å². The summed E-state index contributed by atoms with van der Waals surface area (Å²) in [5, 5.41) is 0.149. The fourth-order valence-corrected chi connectivity index (χ4v) is 2.04. The van der Waals surface area contributed by atoms with Crippen LogP contribution in [0.4, 0.5) is 0 Å². The summed E-state index contributed by atoms with van der Waals surface area (Å²) in [5.74, 6) is 0. The van der Waals surface area contributed by atoms with Crippen LogP contribution in [0.1, 0.15) is 12.8 Å². The van der Waals surface area contributed by atoms with E-state index < -0.39 is 0 Å². The number of aromatic nitrogens is 2. The van der Waals surface area contributed by atoms with Gasteiger partial charge in [-0.15, -0.1) is 0 Å². The lowest BCUT2D eigenvalue weighted by Crippen LogP contribution is -2.22. The van der Waals surface area contributed by atoms with Crippen molar-refractivity contribution in [3.63, 3.8) is 0 Å². The SMILES string of the molecule is O=c1c(Cl)nc(Cl)cn1CC1=CC=CCC1. The van der Waals surface area contributed by atoms with Crippen molar-refractivity contribution in [1.82, 2.24) is 9.55 Å². The van der Waals surface area contributed by atoms with Crippen LogP contribution in [0.5, 0.6) is 0 Å². The predicted molar refractivity (Wildman–Crippen MR) is 65.0 cm³/mol. The molecule has 0 spiro atoms. The molecule has 0 radical (unpaired) electrons. The summed E-state index contributed by atoms with van der Waals surface area (Å²) in [7, 11) is 0. The van der Waals surface area contributed by atoms with Crippen molar-refractivity contribution in [2.45, 2.75) is 19.4 Å². The number of nitrogens with zero attached hydrogens (tertiary/aromatic N) is 2.